The van der Waals surface area contributed by atoms with Gasteiger partial charge in [-0.3, -0.25) is 0 Å². The molecule has 1 N–H and O–H groups in total. The molecule has 1 aliphatic carbocycles. The van der Waals surface area contributed by atoms with Crippen molar-refractivity contribution in [3.05, 3.63) is 22.4 Å². The van der Waals surface area contributed by atoms with Crippen LogP contribution in [-0.4, -0.2) is 25.8 Å². The van der Waals surface area contributed by atoms with Gasteiger partial charge in [0.1, 0.15) is 0 Å². The summed E-state index contributed by atoms with van der Waals surface area (Å²) in [6.07, 6.45) is 7.18. The molecule has 1 aliphatic rings. The number of nitrogens with one attached hydrogen (secondary N) is 1. The molecule has 1 saturated carbocycles. The van der Waals surface area contributed by atoms with E-state index in [4.69, 9.17) is 4.74 Å². The van der Waals surface area contributed by atoms with Gasteiger partial charge >= 0.3 is 0 Å². The van der Waals surface area contributed by atoms with Gasteiger partial charge in [0.25, 0.3) is 0 Å². The fourth-order valence-electron chi connectivity index (χ4n) is 3.46. The first-order chi connectivity index (χ1) is 9.51. The Morgan fingerprint density at radius 1 is 1.30 bits per heavy atom. The van der Waals surface area contributed by atoms with Crippen LogP contribution in [0.1, 0.15) is 50.8 Å². The van der Waals surface area contributed by atoms with Crippen LogP contribution in [0.4, 0.5) is 0 Å². The molecule has 2 nitrogen and oxygen atoms in total. The number of likely N-dealkylation sites (N-methyl/N-ethyl adjacent to an activating group) is 1. The van der Waals surface area contributed by atoms with Crippen molar-refractivity contribution in [2.75, 3.05) is 14.2 Å². The Balaban J connectivity index is 2.00. The van der Waals surface area contributed by atoms with Crippen LogP contribution in [0.15, 0.2) is 17.5 Å². The lowest BCUT2D eigenvalue weighted by atomic mass is 9.68. The summed E-state index contributed by atoms with van der Waals surface area (Å²) in [5, 5.41) is 5.70. The molecule has 3 heteroatoms. The van der Waals surface area contributed by atoms with Gasteiger partial charge in [-0.15, -0.1) is 11.3 Å². The molecule has 1 fully saturated rings. The summed E-state index contributed by atoms with van der Waals surface area (Å²) < 4.78 is 6.04. The van der Waals surface area contributed by atoms with Gasteiger partial charge in [0.15, 0.2) is 0 Å². The lowest BCUT2D eigenvalue weighted by Crippen LogP contribution is -2.54. The molecule has 1 aromatic rings. The van der Waals surface area contributed by atoms with E-state index in [1.165, 1.54) is 30.6 Å². The molecule has 0 aliphatic heterocycles. The van der Waals surface area contributed by atoms with Crippen molar-refractivity contribution in [1.29, 1.82) is 0 Å². The zero-order valence-electron chi connectivity index (χ0n) is 13.4. The maximum atomic E-state index is 6.04. The summed E-state index contributed by atoms with van der Waals surface area (Å²) in [6, 6.07) is 4.83. The Bertz CT molecular complexity index is 389. The topological polar surface area (TPSA) is 21.3 Å². The van der Waals surface area contributed by atoms with Crippen molar-refractivity contribution >= 4 is 11.3 Å². The van der Waals surface area contributed by atoms with Crippen LogP contribution in [0, 0.1) is 5.41 Å². The molecule has 1 heterocycles. The van der Waals surface area contributed by atoms with E-state index < -0.39 is 0 Å². The summed E-state index contributed by atoms with van der Waals surface area (Å²) in [4.78, 5) is 1.48. The Morgan fingerprint density at radius 2 is 2.00 bits per heavy atom. The SMILES string of the molecule is CNC(CCc1cccs1)C1(OC)CCC(C)(C)CC1. The van der Waals surface area contributed by atoms with Crippen molar-refractivity contribution in [2.24, 2.45) is 5.41 Å². The normalized spacial score (nSPS) is 22.6. The third-order valence-electron chi connectivity index (χ3n) is 5.10. The van der Waals surface area contributed by atoms with E-state index in [1.807, 2.05) is 18.4 Å². The average Bonchev–Trinajstić information content (AvgIpc) is 2.94. The number of hydrogen-bond acceptors (Lipinski definition) is 3. The number of aryl methyl sites for hydroxylation is 1. The first kappa shape index (κ1) is 16.0. The van der Waals surface area contributed by atoms with Crippen LogP contribution in [0.25, 0.3) is 0 Å². The van der Waals surface area contributed by atoms with E-state index >= 15 is 0 Å². The van der Waals surface area contributed by atoms with Crippen LogP contribution in [0.3, 0.4) is 0 Å². The zero-order valence-corrected chi connectivity index (χ0v) is 14.2. The predicted octanol–water partition coefficient (Wildman–Crippen LogP) is 4.25. The predicted molar refractivity (Wildman–Crippen MR) is 87.5 cm³/mol. The highest BCUT2D eigenvalue weighted by atomic mass is 32.1. The fourth-order valence-corrected chi connectivity index (χ4v) is 4.18. The number of ether oxygens (including phenoxy) is 1. The maximum absolute atomic E-state index is 6.04. The molecule has 0 bridgehead atoms. The third-order valence-corrected chi connectivity index (χ3v) is 6.04. The summed E-state index contributed by atoms with van der Waals surface area (Å²) in [5.41, 5.74) is 0.510. The summed E-state index contributed by atoms with van der Waals surface area (Å²) in [6.45, 7) is 4.76. The first-order valence-electron chi connectivity index (χ1n) is 7.76. The molecule has 0 radical (unpaired) electrons. The smallest absolute Gasteiger partial charge is 0.0831 e. The summed E-state index contributed by atoms with van der Waals surface area (Å²) in [7, 11) is 3.98. The van der Waals surface area contributed by atoms with E-state index in [2.05, 4.69) is 43.7 Å². The molecule has 1 unspecified atom stereocenters. The van der Waals surface area contributed by atoms with E-state index in [0.717, 1.165) is 12.8 Å². The van der Waals surface area contributed by atoms with Crippen LogP contribution in [0.5, 0.6) is 0 Å². The van der Waals surface area contributed by atoms with E-state index in [0.29, 0.717) is 11.5 Å². The van der Waals surface area contributed by atoms with Gasteiger partial charge in [-0.25, -0.2) is 0 Å². The third kappa shape index (κ3) is 3.63. The van der Waals surface area contributed by atoms with Gasteiger partial charge < -0.3 is 10.1 Å². The average molecular weight is 295 g/mol. The molecule has 1 atom stereocenters. The summed E-state index contributed by atoms with van der Waals surface area (Å²) >= 11 is 1.86. The minimum atomic E-state index is 0.0293. The maximum Gasteiger partial charge on any atom is 0.0831 e. The Morgan fingerprint density at radius 3 is 2.50 bits per heavy atom. The zero-order chi connectivity index (χ0) is 14.6. The molecule has 0 saturated heterocycles. The number of thiophene rings is 1. The van der Waals surface area contributed by atoms with E-state index in [1.54, 1.807) is 0 Å². The highest BCUT2D eigenvalue weighted by Gasteiger charge is 2.43. The molecule has 114 valence electrons. The monoisotopic (exact) mass is 295 g/mol. The van der Waals surface area contributed by atoms with E-state index in [9.17, 15) is 0 Å². The Hall–Kier alpha value is -0.380. The molecule has 0 amide bonds. The van der Waals surface area contributed by atoms with Crippen molar-refractivity contribution < 1.29 is 4.74 Å². The highest BCUT2D eigenvalue weighted by Crippen LogP contribution is 2.44. The molecular weight excluding hydrogens is 266 g/mol. The van der Waals surface area contributed by atoms with Crippen LogP contribution in [-0.2, 0) is 11.2 Å². The van der Waals surface area contributed by atoms with Crippen molar-refractivity contribution in [3.8, 4) is 0 Å². The molecule has 1 aromatic heterocycles. The quantitative estimate of drug-likeness (QED) is 0.847. The van der Waals surface area contributed by atoms with Crippen LogP contribution >= 0.6 is 11.3 Å². The lowest BCUT2D eigenvalue weighted by Gasteiger charge is -2.47. The second kappa shape index (κ2) is 6.59. The van der Waals surface area contributed by atoms with Crippen molar-refractivity contribution in [2.45, 2.75) is 64.0 Å². The standard InChI is InChI=1S/C17H29NOS/c1-16(2)9-11-17(19-4,12-10-16)15(18-3)8-7-14-6-5-13-20-14/h5-6,13,15,18H,7-12H2,1-4H3. The minimum absolute atomic E-state index is 0.0293. The highest BCUT2D eigenvalue weighted by molar-refractivity contribution is 7.09. The molecule has 0 aromatic carbocycles. The number of rotatable bonds is 6. The fraction of sp³-hybridized carbons (Fsp3) is 0.765. The van der Waals surface area contributed by atoms with Gasteiger partial charge in [-0.1, -0.05) is 19.9 Å². The second-order valence-electron chi connectivity index (χ2n) is 6.89. The van der Waals surface area contributed by atoms with Gasteiger partial charge in [0.2, 0.25) is 0 Å². The largest absolute Gasteiger partial charge is 0.377 e. The first-order valence-corrected chi connectivity index (χ1v) is 8.64. The van der Waals surface area contributed by atoms with Crippen molar-refractivity contribution in [3.63, 3.8) is 0 Å². The molecular formula is C17H29NOS. The van der Waals surface area contributed by atoms with Gasteiger partial charge in [-0.2, -0.15) is 0 Å². The van der Waals surface area contributed by atoms with Crippen LogP contribution in [0.2, 0.25) is 0 Å². The lowest BCUT2D eigenvalue weighted by molar-refractivity contribution is -0.0863. The van der Waals surface area contributed by atoms with Crippen molar-refractivity contribution in [1.82, 2.24) is 5.32 Å². The summed E-state index contributed by atoms with van der Waals surface area (Å²) in [5.74, 6) is 0. The van der Waals surface area contributed by atoms with Gasteiger partial charge in [0.05, 0.1) is 5.60 Å². The van der Waals surface area contributed by atoms with E-state index in [-0.39, 0.29) is 5.60 Å². The Kier molecular flexibility index (Phi) is 5.27. The molecule has 0 spiro atoms. The Labute approximate surface area is 127 Å². The van der Waals surface area contributed by atoms with Gasteiger partial charge in [0, 0.05) is 18.0 Å². The minimum Gasteiger partial charge on any atom is -0.377 e. The van der Waals surface area contributed by atoms with Gasteiger partial charge in [-0.05, 0) is 62.4 Å². The molecule has 2 rings (SSSR count). The molecule has 20 heavy (non-hydrogen) atoms. The van der Waals surface area contributed by atoms with Crippen LogP contribution < -0.4 is 5.32 Å². The number of hydrogen-bond donors (Lipinski definition) is 1. The number of methoxy groups -OCH3 is 1. The second-order valence-corrected chi connectivity index (χ2v) is 7.92.